The van der Waals surface area contributed by atoms with Gasteiger partial charge in [-0.15, -0.1) is 0 Å². The van der Waals surface area contributed by atoms with Crippen molar-refractivity contribution in [2.75, 3.05) is 6.61 Å². The van der Waals surface area contributed by atoms with Crippen LogP contribution in [0.15, 0.2) is 48.6 Å². The van der Waals surface area contributed by atoms with Crippen LogP contribution in [0.2, 0.25) is 0 Å². The summed E-state index contributed by atoms with van der Waals surface area (Å²) in [5.74, 6) is 6.19. The lowest BCUT2D eigenvalue weighted by molar-refractivity contribution is -0.139. The molecule has 5 heteroatoms. The number of aliphatic carboxylic acids is 1. The summed E-state index contributed by atoms with van der Waals surface area (Å²) in [5, 5.41) is 14.3. The molecule has 2 aromatic carbocycles. The summed E-state index contributed by atoms with van der Waals surface area (Å²) in [6, 6.07) is 10.2. The second kappa shape index (κ2) is 11.7. The van der Waals surface area contributed by atoms with Gasteiger partial charge in [-0.2, -0.15) is 0 Å². The monoisotopic (exact) mass is 461 g/mol. The molecule has 0 bridgehead atoms. The van der Waals surface area contributed by atoms with Gasteiger partial charge in [-0.3, -0.25) is 4.79 Å². The van der Waals surface area contributed by atoms with E-state index < -0.39 is 17.9 Å². The molecule has 34 heavy (non-hydrogen) atoms. The van der Waals surface area contributed by atoms with Gasteiger partial charge in [0.05, 0.1) is 5.56 Å². The van der Waals surface area contributed by atoms with Gasteiger partial charge in [0.2, 0.25) is 0 Å². The number of benzene rings is 2. The largest absolute Gasteiger partial charge is 0.480 e. The van der Waals surface area contributed by atoms with E-state index in [4.69, 9.17) is 4.74 Å². The number of nitrogens with one attached hydrogen (secondary N) is 1. The fourth-order valence-electron chi connectivity index (χ4n) is 4.77. The zero-order valence-corrected chi connectivity index (χ0v) is 20.4. The summed E-state index contributed by atoms with van der Waals surface area (Å²) >= 11 is 0. The molecule has 1 saturated carbocycles. The Morgan fingerprint density at radius 3 is 2.68 bits per heavy atom. The third kappa shape index (κ3) is 6.87. The topological polar surface area (TPSA) is 75.6 Å². The van der Waals surface area contributed by atoms with Crippen LogP contribution in [0.4, 0.5) is 0 Å². The first kappa shape index (κ1) is 25.4. The molecule has 0 spiro atoms. The Kier molecular flexibility index (Phi) is 8.76. The van der Waals surface area contributed by atoms with Crippen LogP contribution in [0.5, 0.6) is 5.75 Å². The van der Waals surface area contributed by atoms with Gasteiger partial charge in [-0.25, -0.2) is 4.79 Å². The summed E-state index contributed by atoms with van der Waals surface area (Å²) in [7, 11) is 0. The highest BCUT2D eigenvalue weighted by atomic mass is 16.5. The van der Waals surface area contributed by atoms with Crippen LogP contribution in [-0.2, 0) is 4.79 Å². The minimum absolute atomic E-state index is 0.151. The Morgan fingerprint density at radius 2 is 1.97 bits per heavy atom. The number of amides is 1. The molecule has 3 rings (SSSR count). The molecule has 2 N–H and O–H groups in total. The van der Waals surface area contributed by atoms with Crippen molar-refractivity contribution < 1.29 is 19.4 Å². The number of carbonyl (C=O) groups is 2. The number of fused-ring (bicyclic) bond motifs is 1. The van der Waals surface area contributed by atoms with Gasteiger partial charge >= 0.3 is 5.97 Å². The van der Waals surface area contributed by atoms with Gasteiger partial charge in [0.15, 0.2) is 0 Å². The Balaban J connectivity index is 1.77. The minimum atomic E-state index is -1.03. The number of rotatable bonds is 8. The number of carboxylic acid groups (broad SMARTS) is 1. The predicted molar refractivity (Wildman–Crippen MR) is 136 cm³/mol. The summed E-state index contributed by atoms with van der Waals surface area (Å²) in [6.07, 6.45) is 4.17. The molecule has 3 atom stereocenters. The molecule has 2 aromatic rings. The lowest BCUT2D eigenvalue weighted by atomic mass is 9.77. The number of carboxylic acids is 1. The standard InChI is InChI=1S/C29H35NO4/c1-19(2)8-7-15-34-27-24-10-6-5-9-23(24)12-13-25(27)28(31)30-26(29(32)33)14-11-22-17-20(3)16-21(4)18-22/h5-6,9-10,12-13,19,21-22,26H,3,11,14-18H2,1-2,4H3,(H,30,31)(H,32,33)/t21?,22?,26-/m0/s1. The molecule has 0 heterocycles. The van der Waals surface area contributed by atoms with Crippen LogP contribution in [0.1, 0.15) is 63.2 Å². The minimum Gasteiger partial charge on any atom is -0.480 e. The van der Waals surface area contributed by atoms with Crippen LogP contribution in [0, 0.1) is 29.6 Å². The van der Waals surface area contributed by atoms with Crippen LogP contribution in [0.25, 0.3) is 10.8 Å². The van der Waals surface area contributed by atoms with Crippen LogP contribution < -0.4 is 10.1 Å². The van der Waals surface area contributed by atoms with Gasteiger partial charge in [0, 0.05) is 11.3 Å². The van der Waals surface area contributed by atoms with E-state index in [2.05, 4.69) is 30.7 Å². The average molecular weight is 462 g/mol. The first-order valence-corrected chi connectivity index (χ1v) is 12.1. The van der Waals surface area contributed by atoms with E-state index in [9.17, 15) is 14.7 Å². The number of ether oxygens (including phenoxy) is 1. The third-order valence-electron chi connectivity index (χ3n) is 6.22. The first-order valence-electron chi connectivity index (χ1n) is 12.1. The second-order valence-electron chi connectivity index (χ2n) is 9.73. The van der Waals surface area contributed by atoms with E-state index in [1.54, 1.807) is 6.07 Å². The molecule has 180 valence electrons. The predicted octanol–water partition coefficient (Wildman–Crippen LogP) is 5.83. The fraction of sp³-hybridized carbons (Fsp3) is 0.448. The molecule has 5 nitrogen and oxygen atoms in total. The highest BCUT2D eigenvalue weighted by molar-refractivity contribution is 6.04. The maximum Gasteiger partial charge on any atom is 0.326 e. The Morgan fingerprint density at radius 1 is 1.21 bits per heavy atom. The van der Waals surface area contributed by atoms with E-state index in [1.807, 2.05) is 44.2 Å². The van der Waals surface area contributed by atoms with Crippen molar-refractivity contribution >= 4 is 22.6 Å². The summed E-state index contributed by atoms with van der Waals surface area (Å²) in [4.78, 5) is 25.2. The lowest BCUT2D eigenvalue weighted by Crippen LogP contribution is -2.41. The molecule has 0 radical (unpaired) electrons. The number of hydrogen-bond donors (Lipinski definition) is 2. The molecule has 0 saturated heterocycles. The van der Waals surface area contributed by atoms with Crippen molar-refractivity contribution in [3.05, 3.63) is 54.1 Å². The molecule has 2 unspecified atom stereocenters. The summed E-state index contributed by atoms with van der Waals surface area (Å²) in [6.45, 7) is 10.5. The molecule has 1 amide bonds. The third-order valence-corrected chi connectivity index (χ3v) is 6.22. The highest BCUT2D eigenvalue weighted by Crippen LogP contribution is 2.35. The summed E-state index contributed by atoms with van der Waals surface area (Å²) in [5.41, 5.74) is 1.55. The Bertz CT molecular complexity index is 1110. The Hall–Kier alpha value is -3.26. The number of hydrogen-bond acceptors (Lipinski definition) is 3. The van der Waals surface area contributed by atoms with Crippen LogP contribution in [-0.4, -0.2) is 29.6 Å². The van der Waals surface area contributed by atoms with Gasteiger partial charge < -0.3 is 15.2 Å². The maximum absolute atomic E-state index is 13.2. The van der Waals surface area contributed by atoms with Crippen molar-refractivity contribution in [3.8, 4) is 17.6 Å². The number of carbonyl (C=O) groups excluding carboxylic acids is 1. The second-order valence-corrected chi connectivity index (χ2v) is 9.73. The van der Waals surface area contributed by atoms with E-state index in [-0.39, 0.29) is 12.5 Å². The maximum atomic E-state index is 13.2. The van der Waals surface area contributed by atoms with E-state index in [0.717, 1.165) is 36.5 Å². The summed E-state index contributed by atoms with van der Waals surface area (Å²) < 4.78 is 5.95. The lowest BCUT2D eigenvalue weighted by Gasteiger charge is -2.29. The first-order chi connectivity index (χ1) is 16.2. The van der Waals surface area contributed by atoms with Crippen molar-refractivity contribution in [3.63, 3.8) is 0 Å². The zero-order chi connectivity index (χ0) is 24.7. The zero-order valence-electron chi connectivity index (χ0n) is 20.4. The van der Waals surface area contributed by atoms with Crippen molar-refractivity contribution in [2.45, 2.75) is 58.9 Å². The van der Waals surface area contributed by atoms with Crippen molar-refractivity contribution in [2.24, 2.45) is 17.8 Å². The SMILES string of the molecule is C=C1CC(C)CC(CC[C@H](NC(=O)c2ccc3ccccc3c2OCC#CC(C)C)C(=O)O)C1. The molecular formula is C29H35NO4. The van der Waals surface area contributed by atoms with Crippen molar-refractivity contribution in [1.29, 1.82) is 0 Å². The van der Waals surface area contributed by atoms with Gasteiger partial charge in [0.25, 0.3) is 5.91 Å². The van der Waals surface area contributed by atoms with Gasteiger partial charge in [-0.05, 0) is 55.4 Å². The van der Waals surface area contributed by atoms with Crippen LogP contribution >= 0.6 is 0 Å². The molecular weight excluding hydrogens is 426 g/mol. The molecule has 1 aliphatic rings. The number of allylic oxidation sites excluding steroid dienone is 1. The van der Waals surface area contributed by atoms with Crippen LogP contribution in [0.3, 0.4) is 0 Å². The van der Waals surface area contributed by atoms with E-state index in [1.165, 1.54) is 5.57 Å². The molecule has 0 aromatic heterocycles. The average Bonchev–Trinajstić information content (AvgIpc) is 2.78. The fourth-order valence-corrected chi connectivity index (χ4v) is 4.77. The van der Waals surface area contributed by atoms with Gasteiger partial charge in [0.1, 0.15) is 18.4 Å². The molecule has 1 aliphatic carbocycles. The van der Waals surface area contributed by atoms with E-state index >= 15 is 0 Å². The molecule has 1 fully saturated rings. The highest BCUT2D eigenvalue weighted by Gasteiger charge is 2.27. The van der Waals surface area contributed by atoms with Gasteiger partial charge in [-0.1, -0.05) is 75.1 Å². The quantitative estimate of drug-likeness (QED) is 0.383. The van der Waals surface area contributed by atoms with E-state index in [0.29, 0.717) is 29.6 Å². The smallest absolute Gasteiger partial charge is 0.326 e. The molecule has 0 aliphatic heterocycles. The normalized spacial score (nSPS) is 18.8. The Labute approximate surface area is 202 Å². The van der Waals surface area contributed by atoms with Crippen molar-refractivity contribution in [1.82, 2.24) is 5.32 Å².